The Balaban J connectivity index is 2.10. The minimum atomic E-state index is -0.649. The molecule has 0 aliphatic carbocycles. The number of rotatable bonds is 3. The zero-order valence-electron chi connectivity index (χ0n) is 9.47. The number of nitrogens with zero attached hydrogens (tertiary/aromatic N) is 2. The van der Waals surface area contributed by atoms with E-state index >= 15 is 0 Å². The average molecular weight is 238 g/mol. The Bertz CT molecular complexity index is 448. The monoisotopic (exact) mass is 238 g/mol. The van der Waals surface area contributed by atoms with Crippen molar-refractivity contribution < 1.29 is 14.3 Å². The molecule has 2 rings (SSSR count). The first-order valence-corrected chi connectivity index (χ1v) is 5.30. The van der Waals surface area contributed by atoms with Gasteiger partial charge in [-0.2, -0.15) is 5.10 Å². The van der Waals surface area contributed by atoms with Crippen molar-refractivity contribution >= 4 is 11.8 Å². The molecule has 17 heavy (non-hydrogen) atoms. The predicted octanol–water partition coefficient (Wildman–Crippen LogP) is -0.962. The number of hydrogen-bond donors (Lipinski definition) is 2. The lowest BCUT2D eigenvalue weighted by molar-refractivity contribution is 0.0919. The van der Waals surface area contributed by atoms with Gasteiger partial charge in [-0.1, -0.05) is 0 Å². The number of carbonyl (C=O) groups is 2. The van der Waals surface area contributed by atoms with Crippen LogP contribution < -0.4 is 11.1 Å². The molecule has 1 aliphatic heterocycles. The summed E-state index contributed by atoms with van der Waals surface area (Å²) in [6.45, 7) is 1.18. The molecule has 1 aliphatic rings. The number of carbonyl (C=O) groups excluding carboxylic acids is 2. The van der Waals surface area contributed by atoms with Crippen LogP contribution in [0, 0.1) is 0 Å². The summed E-state index contributed by atoms with van der Waals surface area (Å²) in [6, 6.07) is 1.41. The fourth-order valence-electron chi connectivity index (χ4n) is 1.71. The Morgan fingerprint density at radius 1 is 1.65 bits per heavy atom. The lowest BCUT2D eigenvalue weighted by atomic mass is 10.2. The third kappa shape index (κ3) is 2.44. The molecule has 1 aromatic rings. The summed E-state index contributed by atoms with van der Waals surface area (Å²) in [5.41, 5.74) is 5.49. The highest BCUT2D eigenvalue weighted by atomic mass is 16.5. The standard InChI is InChI=1S/C10H14N4O3/c1-14-8(4-7(13-14)9(11)15)10(16)12-6-2-3-17-5-6/h4,6H,2-3,5H2,1H3,(H2,11,15)(H,12,16)/t6-/m1/s1. The van der Waals surface area contributed by atoms with Crippen LogP contribution in [0.25, 0.3) is 0 Å². The van der Waals surface area contributed by atoms with E-state index in [4.69, 9.17) is 10.5 Å². The number of nitrogens with one attached hydrogen (secondary N) is 1. The molecule has 0 spiro atoms. The first-order chi connectivity index (χ1) is 8.08. The Labute approximate surface area is 97.9 Å². The normalized spacial score (nSPS) is 19.2. The molecular weight excluding hydrogens is 224 g/mol. The summed E-state index contributed by atoms with van der Waals surface area (Å²) in [5.74, 6) is -0.924. The third-order valence-corrected chi connectivity index (χ3v) is 2.63. The molecule has 0 aromatic carbocycles. The zero-order valence-corrected chi connectivity index (χ0v) is 9.47. The van der Waals surface area contributed by atoms with Crippen molar-refractivity contribution in [3.63, 3.8) is 0 Å². The van der Waals surface area contributed by atoms with Crippen molar-refractivity contribution in [1.82, 2.24) is 15.1 Å². The van der Waals surface area contributed by atoms with Crippen molar-refractivity contribution in [1.29, 1.82) is 0 Å². The number of primary amides is 1. The molecule has 7 nitrogen and oxygen atoms in total. The van der Waals surface area contributed by atoms with Gasteiger partial charge in [0.15, 0.2) is 5.69 Å². The van der Waals surface area contributed by atoms with Crippen molar-refractivity contribution in [3.8, 4) is 0 Å². The van der Waals surface area contributed by atoms with Gasteiger partial charge in [-0.25, -0.2) is 0 Å². The van der Waals surface area contributed by atoms with Crippen LogP contribution in [0.15, 0.2) is 6.07 Å². The summed E-state index contributed by atoms with van der Waals surface area (Å²) >= 11 is 0. The van der Waals surface area contributed by atoms with Gasteiger partial charge >= 0.3 is 0 Å². The molecule has 3 N–H and O–H groups in total. The fraction of sp³-hybridized carbons (Fsp3) is 0.500. The van der Waals surface area contributed by atoms with Crippen molar-refractivity contribution in [2.45, 2.75) is 12.5 Å². The molecule has 2 amide bonds. The molecule has 0 unspecified atom stereocenters. The minimum absolute atomic E-state index is 0.0226. The van der Waals surface area contributed by atoms with Crippen LogP contribution in [0.4, 0.5) is 0 Å². The van der Waals surface area contributed by atoms with Crippen LogP contribution in [-0.2, 0) is 11.8 Å². The van der Waals surface area contributed by atoms with Gasteiger partial charge in [0.25, 0.3) is 11.8 Å². The summed E-state index contributed by atoms with van der Waals surface area (Å²) in [7, 11) is 1.59. The van der Waals surface area contributed by atoms with Gasteiger partial charge < -0.3 is 15.8 Å². The Kier molecular flexibility index (Phi) is 3.10. The molecule has 1 atom stereocenters. The maximum absolute atomic E-state index is 11.9. The molecule has 2 heterocycles. The first kappa shape index (κ1) is 11.6. The van der Waals surface area contributed by atoms with Gasteiger partial charge in [0.2, 0.25) is 0 Å². The Hall–Kier alpha value is -1.89. The van der Waals surface area contributed by atoms with Crippen LogP contribution >= 0.6 is 0 Å². The second-order valence-electron chi connectivity index (χ2n) is 3.94. The zero-order chi connectivity index (χ0) is 12.4. The highest BCUT2D eigenvalue weighted by Crippen LogP contribution is 2.07. The van der Waals surface area contributed by atoms with Crippen molar-refractivity contribution in [2.75, 3.05) is 13.2 Å². The second-order valence-corrected chi connectivity index (χ2v) is 3.94. The molecular formula is C10H14N4O3. The van der Waals surface area contributed by atoms with E-state index in [0.29, 0.717) is 18.9 Å². The van der Waals surface area contributed by atoms with E-state index in [-0.39, 0.29) is 17.6 Å². The maximum Gasteiger partial charge on any atom is 0.269 e. The summed E-state index contributed by atoms with van der Waals surface area (Å²) in [5, 5.41) is 6.67. The molecule has 1 saturated heterocycles. The number of amides is 2. The number of aryl methyl sites for hydroxylation is 1. The maximum atomic E-state index is 11.9. The lowest BCUT2D eigenvalue weighted by Gasteiger charge is -2.09. The highest BCUT2D eigenvalue weighted by molar-refractivity contribution is 5.97. The fourth-order valence-corrected chi connectivity index (χ4v) is 1.71. The quantitative estimate of drug-likeness (QED) is 0.708. The Morgan fingerprint density at radius 2 is 2.41 bits per heavy atom. The SMILES string of the molecule is Cn1nc(C(N)=O)cc1C(=O)N[C@@H]1CCOC1. The van der Waals surface area contributed by atoms with Crippen LogP contribution in [0.3, 0.4) is 0 Å². The van der Waals surface area contributed by atoms with Crippen molar-refractivity contribution in [2.24, 2.45) is 12.8 Å². The molecule has 92 valence electrons. The van der Waals surface area contributed by atoms with E-state index in [1.807, 2.05) is 0 Å². The highest BCUT2D eigenvalue weighted by Gasteiger charge is 2.21. The van der Waals surface area contributed by atoms with Gasteiger partial charge in [0, 0.05) is 19.7 Å². The van der Waals surface area contributed by atoms with Crippen LogP contribution in [0.5, 0.6) is 0 Å². The van der Waals surface area contributed by atoms with Gasteiger partial charge in [0.05, 0.1) is 12.6 Å². The predicted molar refractivity (Wildman–Crippen MR) is 58.4 cm³/mol. The second kappa shape index (κ2) is 4.54. The van der Waals surface area contributed by atoms with E-state index < -0.39 is 5.91 Å². The molecule has 0 radical (unpaired) electrons. The van der Waals surface area contributed by atoms with E-state index in [0.717, 1.165) is 6.42 Å². The molecule has 1 aromatic heterocycles. The first-order valence-electron chi connectivity index (χ1n) is 5.30. The smallest absolute Gasteiger partial charge is 0.269 e. The third-order valence-electron chi connectivity index (χ3n) is 2.63. The topological polar surface area (TPSA) is 99.2 Å². The van der Waals surface area contributed by atoms with Crippen LogP contribution in [0.1, 0.15) is 27.4 Å². The van der Waals surface area contributed by atoms with E-state index in [9.17, 15) is 9.59 Å². The van der Waals surface area contributed by atoms with E-state index in [2.05, 4.69) is 10.4 Å². The average Bonchev–Trinajstić information content (AvgIpc) is 2.86. The summed E-state index contributed by atoms with van der Waals surface area (Å²) < 4.78 is 6.49. The van der Waals surface area contributed by atoms with Crippen LogP contribution in [-0.4, -0.2) is 40.9 Å². The number of hydrogen-bond acceptors (Lipinski definition) is 4. The van der Waals surface area contributed by atoms with E-state index in [1.165, 1.54) is 10.7 Å². The van der Waals surface area contributed by atoms with Gasteiger partial charge in [-0.3, -0.25) is 14.3 Å². The summed E-state index contributed by atoms with van der Waals surface area (Å²) in [6.07, 6.45) is 0.798. The number of aromatic nitrogens is 2. The van der Waals surface area contributed by atoms with Gasteiger partial charge in [0.1, 0.15) is 5.69 Å². The van der Waals surface area contributed by atoms with Crippen molar-refractivity contribution in [3.05, 3.63) is 17.5 Å². The molecule has 0 saturated carbocycles. The Morgan fingerprint density at radius 3 is 2.94 bits per heavy atom. The number of ether oxygens (including phenoxy) is 1. The molecule has 7 heteroatoms. The molecule has 1 fully saturated rings. The molecule has 0 bridgehead atoms. The van der Waals surface area contributed by atoms with Crippen LogP contribution in [0.2, 0.25) is 0 Å². The minimum Gasteiger partial charge on any atom is -0.379 e. The lowest BCUT2D eigenvalue weighted by Crippen LogP contribution is -2.36. The van der Waals surface area contributed by atoms with E-state index in [1.54, 1.807) is 7.05 Å². The summed E-state index contributed by atoms with van der Waals surface area (Å²) in [4.78, 5) is 22.8. The largest absolute Gasteiger partial charge is 0.379 e. The number of nitrogens with two attached hydrogens (primary N) is 1. The van der Waals surface area contributed by atoms with Gasteiger partial charge in [-0.05, 0) is 6.42 Å². The van der Waals surface area contributed by atoms with Gasteiger partial charge in [-0.15, -0.1) is 0 Å².